The van der Waals surface area contributed by atoms with Crippen LogP contribution in [0.2, 0.25) is 0 Å². The van der Waals surface area contributed by atoms with Crippen LogP contribution in [-0.2, 0) is 9.53 Å². The van der Waals surface area contributed by atoms with Gasteiger partial charge >= 0.3 is 5.97 Å². The molecule has 0 bridgehead atoms. The predicted octanol–water partition coefficient (Wildman–Crippen LogP) is 0.778. The third-order valence-corrected chi connectivity index (χ3v) is 1.84. The highest BCUT2D eigenvalue weighted by Crippen LogP contribution is 2.08. The molecule has 0 saturated carbocycles. The average molecular weight is 255 g/mol. The number of aromatic nitrogens is 2. The zero-order valence-corrected chi connectivity index (χ0v) is 10.3. The van der Waals surface area contributed by atoms with Crippen LogP contribution in [0.15, 0.2) is 12.3 Å². The van der Waals surface area contributed by atoms with E-state index in [1.54, 1.807) is 12.3 Å². The normalized spacial score (nSPS) is 10.1. The zero-order valence-electron chi connectivity index (χ0n) is 10.3. The van der Waals surface area contributed by atoms with E-state index in [-0.39, 0.29) is 13.2 Å². The Hall–Kier alpha value is -1.89. The molecule has 0 spiro atoms. The highest BCUT2D eigenvalue weighted by Gasteiger charge is 2.00. The van der Waals surface area contributed by atoms with Crippen molar-refractivity contribution in [2.24, 2.45) is 0 Å². The highest BCUT2D eigenvalue weighted by atomic mass is 16.5. The maximum absolute atomic E-state index is 10.2. The second kappa shape index (κ2) is 8.24. The van der Waals surface area contributed by atoms with E-state index in [9.17, 15) is 4.79 Å². The smallest absolute Gasteiger partial charge is 0.329 e. The van der Waals surface area contributed by atoms with Gasteiger partial charge in [-0.05, 0) is 6.42 Å². The van der Waals surface area contributed by atoms with Crippen LogP contribution in [-0.4, -0.2) is 47.4 Å². The highest BCUT2D eigenvalue weighted by molar-refractivity contribution is 5.67. The Balaban J connectivity index is 2.26. The first-order valence-electron chi connectivity index (χ1n) is 5.71. The van der Waals surface area contributed by atoms with Gasteiger partial charge in [-0.2, -0.15) is 4.98 Å². The summed E-state index contributed by atoms with van der Waals surface area (Å²) in [5, 5.41) is 11.3. The fraction of sp³-hybridized carbons (Fsp3) is 0.545. The Morgan fingerprint density at radius 1 is 1.50 bits per heavy atom. The number of ether oxygens (including phenoxy) is 2. The molecule has 1 rings (SSSR count). The van der Waals surface area contributed by atoms with E-state index in [0.717, 1.165) is 6.42 Å². The first kappa shape index (κ1) is 14.2. The fourth-order valence-corrected chi connectivity index (χ4v) is 1.11. The summed E-state index contributed by atoms with van der Waals surface area (Å²) < 4.78 is 10.2. The molecule has 0 radical (unpaired) electrons. The molecule has 7 nitrogen and oxygen atoms in total. The van der Waals surface area contributed by atoms with Crippen molar-refractivity contribution in [3.05, 3.63) is 12.3 Å². The molecule has 1 aromatic heterocycles. The number of hydrogen-bond acceptors (Lipinski definition) is 6. The molecule has 0 saturated heterocycles. The molecule has 18 heavy (non-hydrogen) atoms. The molecule has 0 atom stereocenters. The molecule has 2 N–H and O–H groups in total. The SMILES string of the molecule is CCCOc1ccnc(NCCOCC(=O)O)n1. The first-order valence-corrected chi connectivity index (χ1v) is 5.71. The van der Waals surface area contributed by atoms with Gasteiger partial charge in [-0.15, -0.1) is 0 Å². The number of carboxylic acids is 1. The minimum Gasteiger partial charge on any atom is -0.480 e. The molecule has 0 unspecified atom stereocenters. The van der Waals surface area contributed by atoms with Crippen LogP contribution in [0, 0.1) is 0 Å². The molecule has 7 heteroatoms. The standard InChI is InChI=1S/C11H17N3O4/c1-2-6-18-9-3-4-12-11(14-9)13-5-7-17-8-10(15)16/h3-4H,2,5-8H2,1H3,(H,15,16)(H,12,13,14). The van der Waals surface area contributed by atoms with E-state index >= 15 is 0 Å². The minimum absolute atomic E-state index is 0.274. The summed E-state index contributed by atoms with van der Waals surface area (Å²) in [6, 6.07) is 1.68. The average Bonchev–Trinajstić information content (AvgIpc) is 2.36. The fourth-order valence-electron chi connectivity index (χ4n) is 1.11. The number of nitrogens with zero attached hydrogens (tertiary/aromatic N) is 2. The van der Waals surface area contributed by atoms with Crippen molar-refractivity contribution in [2.45, 2.75) is 13.3 Å². The third kappa shape index (κ3) is 6.00. The Bertz CT molecular complexity index is 373. The number of nitrogens with one attached hydrogen (secondary N) is 1. The molecule has 0 aromatic carbocycles. The second-order valence-electron chi connectivity index (χ2n) is 3.44. The maximum Gasteiger partial charge on any atom is 0.329 e. The second-order valence-corrected chi connectivity index (χ2v) is 3.44. The number of carbonyl (C=O) groups is 1. The molecule has 1 aromatic rings. The molecule has 0 fully saturated rings. The monoisotopic (exact) mass is 255 g/mol. The van der Waals surface area contributed by atoms with Crippen molar-refractivity contribution >= 4 is 11.9 Å². The van der Waals surface area contributed by atoms with Crippen molar-refractivity contribution in [1.82, 2.24) is 9.97 Å². The van der Waals surface area contributed by atoms with E-state index in [2.05, 4.69) is 15.3 Å². The molecule has 100 valence electrons. The van der Waals surface area contributed by atoms with Gasteiger partial charge in [-0.25, -0.2) is 9.78 Å². The largest absolute Gasteiger partial charge is 0.480 e. The number of anilines is 1. The summed E-state index contributed by atoms with van der Waals surface area (Å²) in [7, 11) is 0. The van der Waals surface area contributed by atoms with Gasteiger partial charge in [0.2, 0.25) is 11.8 Å². The first-order chi connectivity index (χ1) is 8.72. The van der Waals surface area contributed by atoms with Gasteiger partial charge < -0.3 is 19.9 Å². The number of rotatable bonds is 9. The third-order valence-electron chi connectivity index (χ3n) is 1.84. The van der Waals surface area contributed by atoms with E-state index in [1.807, 2.05) is 6.92 Å². The zero-order chi connectivity index (χ0) is 13.2. The summed E-state index contributed by atoms with van der Waals surface area (Å²) in [6.45, 7) is 3.03. The molecule has 0 amide bonds. The lowest BCUT2D eigenvalue weighted by molar-refractivity contribution is -0.142. The predicted molar refractivity (Wildman–Crippen MR) is 64.8 cm³/mol. The topological polar surface area (TPSA) is 93.6 Å². The number of aliphatic carboxylic acids is 1. The molecule has 1 heterocycles. The number of carboxylic acid groups (broad SMARTS) is 1. The Kier molecular flexibility index (Phi) is 6.49. The maximum atomic E-state index is 10.2. The van der Waals surface area contributed by atoms with Crippen LogP contribution in [0.5, 0.6) is 5.88 Å². The van der Waals surface area contributed by atoms with Crippen molar-refractivity contribution in [1.29, 1.82) is 0 Å². The van der Waals surface area contributed by atoms with Crippen LogP contribution >= 0.6 is 0 Å². The van der Waals surface area contributed by atoms with Gasteiger partial charge in [-0.3, -0.25) is 0 Å². The lowest BCUT2D eigenvalue weighted by Crippen LogP contribution is -2.15. The number of hydrogen-bond donors (Lipinski definition) is 2. The van der Waals surface area contributed by atoms with Gasteiger partial charge in [0, 0.05) is 18.8 Å². The van der Waals surface area contributed by atoms with Gasteiger partial charge in [0.05, 0.1) is 13.2 Å². The van der Waals surface area contributed by atoms with Crippen molar-refractivity contribution in [3.63, 3.8) is 0 Å². The van der Waals surface area contributed by atoms with Crippen molar-refractivity contribution in [2.75, 3.05) is 31.7 Å². The van der Waals surface area contributed by atoms with Crippen LogP contribution in [0.3, 0.4) is 0 Å². The Morgan fingerprint density at radius 3 is 3.06 bits per heavy atom. The van der Waals surface area contributed by atoms with E-state index < -0.39 is 5.97 Å². The van der Waals surface area contributed by atoms with Gasteiger partial charge in [0.1, 0.15) is 6.61 Å². The van der Waals surface area contributed by atoms with E-state index in [1.165, 1.54) is 0 Å². The Morgan fingerprint density at radius 2 is 2.33 bits per heavy atom. The molecular weight excluding hydrogens is 238 g/mol. The molecule has 0 aliphatic heterocycles. The summed E-state index contributed by atoms with van der Waals surface area (Å²) in [6.07, 6.45) is 2.51. The lowest BCUT2D eigenvalue weighted by atomic mass is 10.5. The molecule has 0 aliphatic rings. The van der Waals surface area contributed by atoms with Crippen LogP contribution in [0.4, 0.5) is 5.95 Å². The summed E-state index contributed by atoms with van der Waals surface area (Å²) >= 11 is 0. The molecule has 0 aliphatic carbocycles. The van der Waals surface area contributed by atoms with E-state index in [0.29, 0.717) is 25.0 Å². The summed E-state index contributed by atoms with van der Waals surface area (Å²) in [5.74, 6) is -0.0375. The van der Waals surface area contributed by atoms with Crippen LogP contribution in [0.1, 0.15) is 13.3 Å². The van der Waals surface area contributed by atoms with Crippen LogP contribution in [0.25, 0.3) is 0 Å². The Labute approximate surface area is 105 Å². The van der Waals surface area contributed by atoms with Crippen molar-refractivity contribution in [3.8, 4) is 5.88 Å². The lowest BCUT2D eigenvalue weighted by Gasteiger charge is -2.07. The van der Waals surface area contributed by atoms with Crippen LogP contribution < -0.4 is 10.1 Å². The van der Waals surface area contributed by atoms with Gasteiger partial charge in [0.15, 0.2) is 0 Å². The van der Waals surface area contributed by atoms with Gasteiger partial charge in [-0.1, -0.05) is 6.92 Å². The van der Waals surface area contributed by atoms with Crippen molar-refractivity contribution < 1.29 is 19.4 Å². The van der Waals surface area contributed by atoms with E-state index in [4.69, 9.17) is 14.6 Å². The summed E-state index contributed by atoms with van der Waals surface area (Å²) in [4.78, 5) is 18.3. The summed E-state index contributed by atoms with van der Waals surface area (Å²) in [5.41, 5.74) is 0. The molecular formula is C11H17N3O4. The quantitative estimate of drug-likeness (QED) is 0.630. The van der Waals surface area contributed by atoms with Gasteiger partial charge in [0.25, 0.3) is 0 Å². The minimum atomic E-state index is -0.985.